The molecule has 0 saturated heterocycles. The topological polar surface area (TPSA) is 73.8 Å². The Kier molecular flexibility index (Phi) is 3.05. The van der Waals surface area contributed by atoms with Crippen LogP contribution in [0, 0.1) is 0 Å². The summed E-state index contributed by atoms with van der Waals surface area (Å²) in [6, 6.07) is 15.2. The van der Waals surface area contributed by atoms with E-state index in [1.54, 1.807) is 4.68 Å². The molecule has 0 unspecified atom stereocenters. The fraction of sp³-hybridized carbons (Fsp3) is 0.0714. The Hall–Kier alpha value is -2.80. The summed E-state index contributed by atoms with van der Waals surface area (Å²) in [5.74, 6) is 0. The number of rotatable bonds is 2. The predicted octanol–water partition coefficient (Wildman–Crippen LogP) is 2.28. The van der Waals surface area contributed by atoms with Gasteiger partial charge in [-0.05, 0) is 35.9 Å². The van der Waals surface area contributed by atoms with Crippen molar-refractivity contribution in [1.82, 2.24) is 30.0 Å². The quantitative estimate of drug-likeness (QED) is 0.420. The van der Waals surface area contributed by atoms with Crippen molar-refractivity contribution < 1.29 is 0 Å². The fourth-order valence-corrected chi connectivity index (χ4v) is 2.28. The van der Waals surface area contributed by atoms with E-state index in [-0.39, 0.29) is 12.0 Å². The van der Waals surface area contributed by atoms with Crippen molar-refractivity contribution in [3.63, 3.8) is 0 Å². The Bertz CT molecular complexity index is 952. The van der Waals surface area contributed by atoms with Crippen LogP contribution in [-0.4, -0.2) is 35.3 Å². The van der Waals surface area contributed by atoms with Crippen molar-refractivity contribution in [3.05, 3.63) is 48.5 Å². The van der Waals surface area contributed by atoms with Crippen molar-refractivity contribution in [1.29, 1.82) is 0 Å². The van der Waals surface area contributed by atoms with Crippen molar-refractivity contribution in [2.45, 2.75) is 6.67 Å². The standard InChI is InChI=1S/C14H10ClN7/c15-14(22-18-10-5-1-2-6-11(10)19-22)16-9-21-13-8-4-3-7-12(13)17-20-21/h1-8H,9H2/b16-14+. The van der Waals surface area contributed by atoms with Gasteiger partial charge in [-0.2, -0.15) is 0 Å². The number of hydrogen-bond acceptors (Lipinski definition) is 5. The molecule has 7 nitrogen and oxygen atoms in total. The minimum atomic E-state index is 0.177. The summed E-state index contributed by atoms with van der Waals surface area (Å²) in [5, 5.41) is 16.8. The Morgan fingerprint density at radius 3 is 2.32 bits per heavy atom. The van der Waals surface area contributed by atoms with E-state index in [2.05, 4.69) is 25.5 Å². The SMILES string of the molecule is Cl/C(=N\Cn1nnc2ccccc21)n1nc2ccccc2n1. The van der Waals surface area contributed by atoms with Crippen LogP contribution < -0.4 is 0 Å². The first-order valence-corrected chi connectivity index (χ1v) is 7.00. The van der Waals surface area contributed by atoms with Gasteiger partial charge in [-0.25, -0.2) is 9.67 Å². The molecule has 0 spiro atoms. The van der Waals surface area contributed by atoms with Crippen molar-refractivity contribution in [2.75, 3.05) is 0 Å². The van der Waals surface area contributed by atoms with Crippen LogP contribution in [0.1, 0.15) is 0 Å². The Labute approximate surface area is 129 Å². The number of halogens is 1. The number of hydrogen-bond donors (Lipinski definition) is 0. The van der Waals surface area contributed by atoms with Gasteiger partial charge in [0.05, 0.1) is 5.52 Å². The van der Waals surface area contributed by atoms with Crippen LogP contribution in [0.5, 0.6) is 0 Å². The Morgan fingerprint density at radius 2 is 1.59 bits per heavy atom. The fourth-order valence-electron chi connectivity index (χ4n) is 2.15. The highest BCUT2D eigenvalue weighted by molar-refractivity contribution is 6.64. The third kappa shape index (κ3) is 2.21. The van der Waals surface area contributed by atoms with Crippen molar-refractivity contribution >= 4 is 39.0 Å². The van der Waals surface area contributed by atoms with Crippen LogP contribution >= 0.6 is 11.6 Å². The van der Waals surface area contributed by atoms with E-state index in [0.29, 0.717) is 0 Å². The number of para-hydroxylation sites is 1. The molecule has 2 aromatic heterocycles. The molecule has 108 valence electrons. The van der Waals surface area contributed by atoms with Crippen LogP contribution in [0.25, 0.3) is 22.1 Å². The van der Waals surface area contributed by atoms with E-state index in [4.69, 9.17) is 11.6 Å². The van der Waals surface area contributed by atoms with Crippen LogP contribution in [0.4, 0.5) is 0 Å². The largest absolute Gasteiger partial charge is 0.240 e. The molecular formula is C14H10ClN7. The minimum absolute atomic E-state index is 0.177. The molecule has 0 N–H and O–H groups in total. The first kappa shape index (κ1) is 12.9. The zero-order chi connectivity index (χ0) is 14.9. The normalized spacial score (nSPS) is 12.3. The average molecular weight is 312 g/mol. The smallest absolute Gasteiger partial charge is 0.231 e. The summed E-state index contributed by atoms with van der Waals surface area (Å²) < 4.78 is 1.67. The predicted molar refractivity (Wildman–Crippen MR) is 83.7 cm³/mol. The zero-order valence-electron chi connectivity index (χ0n) is 11.3. The second-order valence-electron chi connectivity index (χ2n) is 4.62. The summed E-state index contributed by atoms with van der Waals surface area (Å²) in [4.78, 5) is 5.57. The lowest BCUT2D eigenvalue weighted by Crippen LogP contribution is -2.10. The monoisotopic (exact) mass is 311 g/mol. The summed E-state index contributed by atoms with van der Waals surface area (Å²) >= 11 is 6.17. The number of fused-ring (bicyclic) bond motifs is 2. The maximum Gasteiger partial charge on any atom is 0.240 e. The van der Waals surface area contributed by atoms with E-state index in [1.807, 2.05) is 48.5 Å². The second-order valence-corrected chi connectivity index (χ2v) is 4.96. The lowest BCUT2D eigenvalue weighted by Gasteiger charge is -1.98. The number of aromatic nitrogens is 6. The van der Waals surface area contributed by atoms with Gasteiger partial charge >= 0.3 is 0 Å². The molecule has 0 aliphatic rings. The third-order valence-electron chi connectivity index (χ3n) is 3.21. The highest BCUT2D eigenvalue weighted by atomic mass is 35.5. The first-order valence-electron chi connectivity index (χ1n) is 6.62. The molecule has 4 rings (SSSR count). The number of aliphatic imine (C=N–C) groups is 1. The van der Waals surface area contributed by atoms with Gasteiger partial charge in [-0.3, -0.25) is 0 Å². The van der Waals surface area contributed by atoms with Crippen molar-refractivity contribution in [3.8, 4) is 0 Å². The molecule has 8 heteroatoms. The molecule has 0 amide bonds. The number of nitrogens with zero attached hydrogens (tertiary/aromatic N) is 7. The van der Waals surface area contributed by atoms with E-state index in [0.717, 1.165) is 22.1 Å². The van der Waals surface area contributed by atoms with Gasteiger partial charge in [0.2, 0.25) is 5.29 Å². The summed E-state index contributed by atoms with van der Waals surface area (Å²) in [6.45, 7) is 0.247. The average Bonchev–Trinajstić information content (AvgIpc) is 3.16. The molecule has 2 aromatic carbocycles. The molecule has 0 aliphatic heterocycles. The summed E-state index contributed by atoms with van der Waals surface area (Å²) in [6.07, 6.45) is 0. The van der Waals surface area contributed by atoms with Gasteiger partial charge in [-0.15, -0.1) is 20.1 Å². The van der Waals surface area contributed by atoms with Gasteiger partial charge in [0, 0.05) is 0 Å². The summed E-state index contributed by atoms with van der Waals surface area (Å²) in [5.41, 5.74) is 3.25. The molecule has 2 heterocycles. The van der Waals surface area contributed by atoms with Crippen LogP contribution in [0.3, 0.4) is 0 Å². The molecule has 0 fully saturated rings. The van der Waals surface area contributed by atoms with Gasteiger partial charge in [0.15, 0.2) is 0 Å². The lowest BCUT2D eigenvalue weighted by atomic mass is 10.3. The molecule has 0 saturated carbocycles. The molecule has 0 radical (unpaired) electrons. The maximum absolute atomic E-state index is 6.17. The van der Waals surface area contributed by atoms with Crippen LogP contribution in [-0.2, 0) is 6.67 Å². The Balaban J connectivity index is 1.64. The van der Waals surface area contributed by atoms with Gasteiger partial charge < -0.3 is 0 Å². The van der Waals surface area contributed by atoms with E-state index in [9.17, 15) is 0 Å². The zero-order valence-corrected chi connectivity index (χ0v) is 12.1. The van der Waals surface area contributed by atoms with E-state index >= 15 is 0 Å². The van der Waals surface area contributed by atoms with Gasteiger partial charge in [0.25, 0.3) is 0 Å². The number of benzene rings is 2. The maximum atomic E-state index is 6.17. The molecule has 22 heavy (non-hydrogen) atoms. The molecule has 0 bridgehead atoms. The highest BCUT2D eigenvalue weighted by Crippen LogP contribution is 2.10. The highest BCUT2D eigenvalue weighted by Gasteiger charge is 2.07. The Morgan fingerprint density at radius 1 is 0.955 bits per heavy atom. The molecule has 4 aromatic rings. The minimum Gasteiger partial charge on any atom is -0.231 e. The third-order valence-corrected chi connectivity index (χ3v) is 3.48. The van der Waals surface area contributed by atoms with E-state index < -0.39 is 0 Å². The van der Waals surface area contributed by atoms with Crippen molar-refractivity contribution in [2.24, 2.45) is 4.99 Å². The van der Waals surface area contributed by atoms with Crippen LogP contribution in [0.15, 0.2) is 53.5 Å². The molecule has 0 aliphatic carbocycles. The first-order chi connectivity index (χ1) is 10.8. The van der Waals surface area contributed by atoms with E-state index in [1.165, 1.54) is 4.80 Å². The van der Waals surface area contributed by atoms with Gasteiger partial charge in [-0.1, -0.05) is 29.5 Å². The lowest BCUT2D eigenvalue weighted by molar-refractivity contribution is 0.625. The molecule has 0 atom stereocenters. The van der Waals surface area contributed by atoms with Crippen LogP contribution in [0.2, 0.25) is 0 Å². The second kappa shape index (κ2) is 5.19. The molecular weight excluding hydrogens is 302 g/mol. The summed E-state index contributed by atoms with van der Waals surface area (Å²) in [7, 11) is 0. The van der Waals surface area contributed by atoms with Gasteiger partial charge in [0.1, 0.15) is 23.2 Å².